The Bertz CT molecular complexity index is 717. The number of nitrogens with zero attached hydrogens (tertiary/aromatic N) is 2. The zero-order valence-electron chi connectivity index (χ0n) is 15.6. The molecule has 0 bridgehead atoms. The number of methoxy groups -OCH3 is 1. The van der Waals surface area contributed by atoms with Crippen molar-refractivity contribution in [2.75, 3.05) is 51.1 Å². The molecule has 1 heterocycles. The van der Waals surface area contributed by atoms with Gasteiger partial charge in [-0.2, -0.15) is 11.8 Å². The van der Waals surface area contributed by atoms with E-state index in [1.807, 2.05) is 25.1 Å². The summed E-state index contributed by atoms with van der Waals surface area (Å²) in [6, 6.07) is 6.02. The Morgan fingerprint density at radius 1 is 1.31 bits per heavy atom. The second-order valence-corrected chi connectivity index (χ2v) is 9.31. The molecule has 26 heavy (non-hydrogen) atoms. The van der Waals surface area contributed by atoms with Gasteiger partial charge in [-0.15, -0.1) is 0 Å². The van der Waals surface area contributed by atoms with Crippen LogP contribution in [0.2, 0.25) is 0 Å². The summed E-state index contributed by atoms with van der Waals surface area (Å²) in [4.78, 5) is 4.15. The van der Waals surface area contributed by atoms with Crippen LogP contribution in [0.4, 0.5) is 0 Å². The summed E-state index contributed by atoms with van der Waals surface area (Å²) >= 11 is 1.79. The van der Waals surface area contributed by atoms with Gasteiger partial charge in [0.25, 0.3) is 0 Å². The van der Waals surface area contributed by atoms with Crippen molar-refractivity contribution in [1.29, 1.82) is 0 Å². The highest BCUT2D eigenvalue weighted by Gasteiger charge is 2.23. The molecule has 7 nitrogen and oxygen atoms in total. The largest absolute Gasteiger partial charge is 0.496 e. The zero-order valence-corrected chi connectivity index (χ0v) is 17.3. The van der Waals surface area contributed by atoms with Crippen LogP contribution in [0.1, 0.15) is 11.1 Å². The molecule has 0 radical (unpaired) electrons. The first-order valence-electron chi connectivity index (χ1n) is 8.60. The average Bonchev–Trinajstić information content (AvgIpc) is 2.65. The maximum atomic E-state index is 12.4. The minimum absolute atomic E-state index is 0.0617. The number of guanidine groups is 1. The number of hydrogen-bond donors (Lipinski definition) is 2. The lowest BCUT2D eigenvalue weighted by atomic mass is 10.1. The summed E-state index contributed by atoms with van der Waals surface area (Å²) in [5.74, 6) is 3.19. The van der Waals surface area contributed by atoms with E-state index in [1.54, 1.807) is 30.2 Å². The number of benzene rings is 1. The first-order chi connectivity index (χ1) is 12.5. The fraction of sp³-hybridized carbons (Fsp3) is 0.588. The fourth-order valence-electron chi connectivity index (χ4n) is 2.65. The van der Waals surface area contributed by atoms with Gasteiger partial charge in [-0.05, 0) is 18.6 Å². The third kappa shape index (κ3) is 6.07. The van der Waals surface area contributed by atoms with Crippen molar-refractivity contribution in [2.45, 2.75) is 13.5 Å². The number of hydrogen-bond acceptors (Lipinski definition) is 5. The molecule has 0 unspecified atom stereocenters. The number of ether oxygens (including phenoxy) is 1. The second-order valence-electron chi connectivity index (χ2n) is 6.00. The molecule has 1 aromatic carbocycles. The van der Waals surface area contributed by atoms with Crippen molar-refractivity contribution in [3.05, 3.63) is 29.3 Å². The van der Waals surface area contributed by atoms with Gasteiger partial charge in [0, 0.05) is 50.3 Å². The van der Waals surface area contributed by atoms with Crippen molar-refractivity contribution >= 4 is 27.7 Å². The van der Waals surface area contributed by atoms with Crippen LogP contribution in [-0.2, 0) is 16.6 Å². The summed E-state index contributed by atoms with van der Waals surface area (Å²) in [7, 11) is 0.0978. The van der Waals surface area contributed by atoms with Crippen LogP contribution in [0.15, 0.2) is 23.2 Å². The monoisotopic (exact) mass is 400 g/mol. The Labute approximate surface area is 160 Å². The van der Waals surface area contributed by atoms with Crippen LogP contribution in [0.25, 0.3) is 0 Å². The quantitative estimate of drug-likeness (QED) is 0.526. The first kappa shape index (κ1) is 20.9. The van der Waals surface area contributed by atoms with Crippen molar-refractivity contribution < 1.29 is 13.2 Å². The van der Waals surface area contributed by atoms with Gasteiger partial charge in [0.05, 0.1) is 12.9 Å². The molecule has 0 aromatic heterocycles. The van der Waals surface area contributed by atoms with Crippen LogP contribution in [0.3, 0.4) is 0 Å². The van der Waals surface area contributed by atoms with Crippen molar-refractivity contribution in [2.24, 2.45) is 4.99 Å². The molecule has 2 N–H and O–H groups in total. The standard InChI is InChI=1S/C17H28N4O3S2/c1-14-4-5-15(16(12-14)24-3)13-20-17(18-2)19-6-11-26(22,23)21-7-9-25-10-8-21/h4-5,12H,6-11,13H2,1-3H3,(H2,18,19,20). The summed E-state index contributed by atoms with van der Waals surface area (Å²) in [6.45, 7) is 4.08. The lowest BCUT2D eigenvalue weighted by molar-refractivity contribution is 0.408. The van der Waals surface area contributed by atoms with Gasteiger partial charge in [0.2, 0.25) is 10.0 Å². The highest BCUT2D eigenvalue weighted by Crippen LogP contribution is 2.19. The minimum atomic E-state index is -3.22. The summed E-state index contributed by atoms with van der Waals surface area (Å²) in [5, 5.41) is 6.26. The Balaban J connectivity index is 1.82. The third-order valence-electron chi connectivity index (χ3n) is 4.13. The topological polar surface area (TPSA) is 83.0 Å². The minimum Gasteiger partial charge on any atom is -0.496 e. The molecule has 9 heteroatoms. The van der Waals surface area contributed by atoms with Gasteiger partial charge >= 0.3 is 0 Å². The van der Waals surface area contributed by atoms with Gasteiger partial charge in [0.1, 0.15) is 5.75 Å². The lowest BCUT2D eigenvalue weighted by Crippen LogP contribution is -2.44. The SMILES string of the molecule is CN=C(NCCS(=O)(=O)N1CCSCC1)NCc1ccc(C)cc1OC. The van der Waals surface area contributed by atoms with Crippen molar-refractivity contribution in [3.8, 4) is 5.75 Å². The molecular formula is C17H28N4O3S2. The molecule has 2 rings (SSSR count). The van der Waals surface area contributed by atoms with Crippen LogP contribution in [0, 0.1) is 6.92 Å². The Morgan fingerprint density at radius 2 is 2.04 bits per heavy atom. The third-order valence-corrected chi connectivity index (χ3v) is 6.94. The lowest BCUT2D eigenvalue weighted by Gasteiger charge is -2.25. The summed E-state index contributed by atoms with van der Waals surface area (Å²) in [6.07, 6.45) is 0. The Hall–Kier alpha value is -1.45. The smallest absolute Gasteiger partial charge is 0.215 e. The molecule has 1 aliphatic heterocycles. The van der Waals surface area contributed by atoms with E-state index < -0.39 is 10.0 Å². The van der Waals surface area contributed by atoms with E-state index in [1.165, 1.54) is 0 Å². The van der Waals surface area contributed by atoms with Gasteiger partial charge < -0.3 is 15.4 Å². The van der Waals surface area contributed by atoms with Gasteiger partial charge in [-0.1, -0.05) is 12.1 Å². The zero-order chi connectivity index (χ0) is 19.0. The predicted molar refractivity (Wildman–Crippen MR) is 109 cm³/mol. The molecule has 0 amide bonds. The van der Waals surface area contributed by atoms with Gasteiger partial charge in [-0.3, -0.25) is 4.99 Å². The van der Waals surface area contributed by atoms with Crippen LogP contribution < -0.4 is 15.4 Å². The molecule has 1 fully saturated rings. The summed E-state index contributed by atoms with van der Waals surface area (Å²) < 4.78 is 31.7. The maximum absolute atomic E-state index is 12.4. The molecule has 0 atom stereocenters. The van der Waals surface area contributed by atoms with Crippen LogP contribution in [0.5, 0.6) is 5.75 Å². The molecule has 0 spiro atoms. The average molecular weight is 401 g/mol. The number of sulfonamides is 1. The molecular weight excluding hydrogens is 372 g/mol. The molecule has 146 valence electrons. The molecule has 1 saturated heterocycles. The van der Waals surface area contributed by atoms with E-state index in [2.05, 4.69) is 15.6 Å². The maximum Gasteiger partial charge on any atom is 0.215 e. The Kier molecular flexibility index (Phi) is 8.05. The fourth-order valence-corrected chi connectivity index (χ4v) is 5.14. The summed E-state index contributed by atoms with van der Waals surface area (Å²) in [5.41, 5.74) is 2.15. The number of thioether (sulfide) groups is 1. The molecule has 0 saturated carbocycles. The van der Waals surface area contributed by atoms with E-state index in [0.717, 1.165) is 28.4 Å². The molecule has 1 aliphatic rings. The number of aliphatic imine (C=N–C) groups is 1. The first-order valence-corrected chi connectivity index (χ1v) is 11.4. The molecule has 1 aromatic rings. The normalized spacial score (nSPS) is 16.3. The van der Waals surface area contributed by atoms with E-state index in [4.69, 9.17) is 4.74 Å². The van der Waals surface area contributed by atoms with Crippen LogP contribution in [-0.4, -0.2) is 69.7 Å². The number of rotatable bonds is 7. The number of nitrogens with one attached hydrogen (secondary N) is 2. The van der Waals surface area contributed by atoms with E-state index in [0.29, 0.717) is 32.1 Å². The van der Waals surface area contributed by atoms with Gasteiger partial charge in [0.15, 0.2) is 5.96 Å². The highest BCUT2D eigenvalue weighted by molar-refractivity contribution is 7.99. The van der Waals surface area contributed by atoms with Crippen molar-refractivity contribution in [3.63, 3.8) is 0 Å². The predicted octanol–water partition coefficient (Wildman–Crippen LogP) is 1.05. The van der Waals surface area contributed by atoms with Crippen molar-refractivity contribution in [1.82, 2.24) is 14.9 Å². The van der Waals surface area contributed by atoms with E-state index in [9.17, 15) is 8.42 Å². The Morgan fingerprint density at radius 3 is 2.69 bits per heavy atom. The van der Waals surface area contributed by atoms with Crippen LogP contribution >= 0.6 is 11.8 Å². The second kappa shape index (κ2) is 10.0. The van der Waals surface area contributed by atoms with E-state index >= 15 is 0 Å². The highest BCUT2D eigenvalue weighted by atomic mass is 32.2. The van der Waals surface area contributed by atoms with E-state index in [-0.39, 0.29) is 5.75 Å². The number of aryl methyl sites for hydroxylation is 1. The van der Waals surface area contributed by atoms with Gasteiger partial charge in [-0.25, -0.2) is 12.7 Å². The molecule has 0 aliphatic carbocycles.